The van der Waals surface area contributed by atoms with Crippen LogP contribution in [0.25, 0.3) is 11.1 Å². The van der Waals surface area contributed by atoms with Crippen molar-refractivity contribution in [2.75, 3.05) is 6.61 Å². The van der Waals surface area contributed by atoms with Crippen molar-refractivity contribution in [2.45, 2.75) is 13.5 Å². The topological polar surface area (TPSA) is 29.5 Å². The molecule has 0 aliphatic carbocycles. The molecule has 2 rings (SSSR count). The molecule has 0 radical (unpaired) electrons. The molecule has 0 amide bonds. The summed E-state index contributed by atoms with van der Waals surface area (Å²) in [6.07, 6.45) is 0. The number of benzene rings is 1. The first-order valence-electron chi connectivity index (χ1n) is 5.25. The molecule has 2 nitrogen and oxygen atoms in total. The van der Waals surface area contributed by atoms with E-state index in [-0.39, 0.29) is 6.61 Å². The van der Waals surface area contributed by atoms with Gasteiger partial charge in [-0.3, -0.25) is 0 Å². The highest BCUT2D eigenvalue weighted by Gasteiger charge is 2.11. The van der Waals surface area contributed by atoms with Crippen LogP contribution in [0.15, 0.2) is 35.0 Å². The third-order valence-electron chi connectivity index (χ3n) is 2.39. The first kappa shape index (κ1) is 11.2. The molecule has 1 aromatic heterocycles. The average molecular weight is 234 g/mol. The van der Waals surface area contributed by atoms with Crippen LogP contribution in [0.1, 0.15) is 12.5 Å². The van der Waals surface area contributed by atoms with Crippen molar-refractivity contribution in [2.24, 2.45) is 0 Å². The summed E-state index contributed by atoms with van der Waals surface area (Å²) in [7, 11) is 0. The first-order valence-corrected chi connectivity index (χ1v) is 6.19. The molecule has 1 aromatic carbocycles. The second-order valence-corrected chi connectivity index (χ2v) is 4.17. The molecular weight excluding hydrogens is 220 g/mol. The predicted molar refractivity (Wildman–Crippen MR) is 66.8 cm³/mol. The minimum Gasteiger partial charge on any atom is -0.493 e. The normalized spacial score (nSPS) is 10.4. The van der Waals surface area contributed by atoms with Crippen LogP contribution in [-0.4, -0.2) is 11.7 Å². The van der Waals surface area contributed by atoms with Crippen molar-refractivity contribution in [3.63, 3.8) is 0 Å². The Morgan fingerprint density at radius 3 is 2.81 bits per heavy atom. The van der Waals surface area contributed by atoms with Crippen molar-refractivity contribution in [1.29, 1.82) is 0 Å². The van der Waals surface area contributed by atoms with Gasteiger partial charge in [-0.2, -0.15) is 11.3 Å². The molecule has 84 valence electrons. The fourth-order valence-corrected chi connectivity index (χ4v) is 2.37. The van der Waals surface area contributed by atoms with Crippen molar-refractivity contribution in [3.05, 3.63) is 40.6 Å². The van der Waals surface area contributed by atoms with E-state index in [1.54, 1.807) is 11.3 Å². The minimum absolute atomic E-state index is 0.0338. The van der Waals surface area contributed by atoms with Gasteiger partial charge in [-0.05, 0) is 40.9 Å². The second kappa shape index (κ2) is 5.14. The molecule has 0 aliphatic rings. The number of thiophene rings is 1. The fourth-order valence-electron chi connectivity index (χ4n) is 1.72. The predicted octanol–water partition coefficient (Wildman–Crippen LogP) is 3.31. The Kier molecular flexibility index (Phi) is 3.59. The monoisotopic (exact) mass is 234 g/mol. The minimum atomic E-state index is 0.0338. The van der Waals surface area contributed by atoms with Crippen molar-refractivity contribution in [1.82, 2.24) is 0 Å². The molecule has 0 fully saturated rings. The second-order valence-electron chi connectivity index (χ2n) is 3.39. The third-order valence-corrected chi connectivity index (χ3v) is 3.08. The van der Waals surface area contributed by atoms with Crippen LogP contribution in [-0.2, 0) is 6.61 Å². The van der Waals surface area contributed by atoms with Crippen LogP contribution in [0.5, 0.6) is 5.75 Å². The molecular formula is C13H14O2S. The molecule has 1 N–H and O–H groups in total. The summed E-state index contributed by atoms with van der Waals surface area (Å²) in [5.74, 6) is 0.840. The Balaban J connectivity index is 2.54. The van der Waals surface area contributed by atoms with Gasteiger partial charge in [-0.1, -0.05) is 12.1 Å². The standard InChI is InChI=1S/C13H14O2S/c1-2-15-12-5-3-4-10(8-14)13(12)11-6-7-16-9-11/h3-7,9,14H,2,8H2,1H3. The lowest BCUT2D eigenvalue weighted by atomic mass is 10.0. The highest BCUT2D eigenvalue weighted by atomic mass is 32.1. The zero-order chi connectivity index (χ0) is 11.4. The van der Waals surface area contributed by atoms with E-state index in [1.807, 2.05) is 36.6 Å². The van der Waals surface area contributed by atoms with Crippen LogP contribution in [0.2, 0.25) is 0 Å². The van der Waals surface area contributed by atoms with Crippen LogP contribution in [0.4, 0.5) is 0 Å². The van der Waals surface area contributed by atoms with Gasteiger partial charge in [0.2, 0.25) is 0 Å². The molecule has 0 spiro atoms. The van der Waals surface area contributed by atoms with Gasteiger partial charge in [-0.25, -0.2) is 0 Å². The Hall–Kier alpha value is -1.32. The summed E-state index contributed by atoms with van der Waals surface area (Å²) < 4.78 is 5.60. The molecule has 0 bridgehead atoms. The quantitative estimate of drug-likeness (QED) is 0.879. The lowest BCUT2D eigenvalue weighted by molar-refractivity contribution is 0.281. The molecule has 0 unspecified atom stereocenters. The Morgan fingerprint density at radius 2 is 2.19 bits per heavy atom. The van der Waals surface area contributed by atoms with Gasteiger partial charge in [0, 0.05) is 5.56 Å². The molecule has 1 heterocycles. The van der Waals surface area contributed by atoms with Gasteiger partial charge in [0.1, 0.15) is 5.75 Å². The zero-order valence-corrected chi connectivity index (χ0v) is 9.96. The fraction of sp³-hybridized carbons (Fsp3) is 0.231. The maximum Gasteiger partial charge on any atom is 0.127 e. The van der Waals surface area contributed by atoms with Crippen molar-refractivity contribution in [3.8, 4) is 16.9 Å². The maximum atomic E-state index is 9.36. The number of rotatable bonds is 4. The van der Waals surface area contributed by atoms with E-state index in [0.717, 1.165) is 22.4 Å². The number of hydrogen-bond donors (Lipinski definition) is 1. The van der Waals surface area contributed by atoms with E-state index >= 15 is 0 Å². The number of hydrogen-bond acceptors (Lipinski definition) is 3. The van der Waals surface area contributed by atoms with Gasteiger partial charge in [0.25, 0.3) is 0 Å². The summed E-state index contributed by atoms with van der Waals surface area (Å²) in [5.41, 5.74) is 3.02. The lowest BCUT2D eigenvalue weighted by Crippen LogP contribution is -1.97. The van der Waals surface area contributed by atoms with Crippen LogP contribution in [0, 0.1) is 0 Å². The number of aliphatic hydroxyl groups is 1. The van der Waals surface area contributed by atoms with E-state index in [1.165, 1.54) is 0 Å². The summed E-state index contributed by atoms with van der Waals surface area (Å²) in [6.45, 7) is 2.63. The van der Waals surface area contributed by atoms with Gasteiger partial charge < -0.3 is 9.84 Å². The molecule has 0 saturated heterocycles. The molecule has 0 atom stereocenters. The van der Waals surface area contributed by atoms with E-state index in [2.05, 4.69) is 5.38 Å². The molecule has 2 aromatic rings. The number of ether oxygens (including phenoxy) is 1. The molecule has 16 heavy (non-hydrogen) atoms. The van der Waals surface area contributed by atoms with Gasteiger partial charge >= 0.3 is 0 Å². The van der Waals surface area contributed by atoms with Crippen LogP contribution in [0.3, 0.4) is 0 Å². The van der Waals surface area contributed by atoms with Crippen LogP contribution >= 0.6 is 11.3 Å². The molecule has 0 saturated carbocycles. The van der Waals surface area contributed by atoms with Gasteiger partial charge in [0.05, 0.1) is 13.2 Å². The van der Waals surface area contributed by atoms with Gasteiger partial charge in [-0.15, -0.1) is 0 Å². The Morgan fingerprint density at radius 1 is 1.31 bits per heavy atom. The summed E-state index contributed by atoms with van der Waals surface area (Å²) in [5, 5.41) is 13.5. The number of aliphatic hydroxyl groups excluding tert-OH is 1. The zero-order valence-electron chi connectivity index (χ0n) is 9.14. The summed E-state index contributed by atoms with van der Waals surface area (Å²) in [4.78, 5) is 0. The summed E-state index contributed by atoms with van der Waals surface area (Å²) >= 11 is 1.64. The van der Waals surface area contributed by atoms with Crippen molar-refractivity contribution < 1.29 is 9.84 Å². The van der Waals surface area contributed by atoms with E-state index < -0.39 is 0 Å². The van der Waals surface area contributed by atoms with E-state index in [0.29, 0.717) is 6.61 Å². The van der Waals surface area contributed by atoms with E-state index in [9.17, 15) is 5.11 Å². The third kappa shape index (κ3) is 2.10. The highest BCUT2D eigenvalue weighted by molar-refractivity contribution is 7.08. The largest absolute Gasteiger partial charge is 0.493 e. The Bertz CT molecular complexity index is 449. The van der Waals surface area contributed by atoms with E-state index in [4.69, 9.17) is 4.74 Å². The smallest absolute Gasteiger partial charge is 0.127 e. The average Bonchev–Trinajstić information content (AvgIpc) is 2.82. The van der Waals surface area contributed by atoms with Crippen molar-refractivity contribution >= 4 is 11.3 Å². The molecule has 0 aliphatic heterocycles. The SMILES string of the molecule is CCOc1cccc(CO)c1-c1ccsc1. The summed E-state index contributed by atoms with van der Waals surface area (Å²) in [6, 6.07) is 7.82. The van der Waals surface area contributed by atoms with Crippen LogP contribution < -0.4 is 4.74 Å². The first-order chi connectivity index (χ1) is 7.86. The van der Waals surface area contributed by atoms with Gasteiger partial charge in [0.15, 0.2) is 0 Å². The highest BCUT2D eigenvalue weighted by Crippen LogP contribution is 2.34. The maximum absolute atomic E-state index is 9.36. The Labute approximate surface area is 99.1 Å². The molecule has 3 heteroatoms. The lowest BCUT2D eigenvalue weighted by Gasteiger charge is -2.12.